The summed E-state index contributed by atoms with van der Waals surface area (Å²) in [6, 6.07) is 6.49. The maximum Gasteiger partial charge on any atom is 0.0430 e. The maximum absolute atomic E-state index is 4.55. The predicted octanol–water partition coefficient (Wildman–Crippen LogP) is 9.20. The minimum atomic E-state index is 0.899. The lowest BCUT2D eigenvalue weighted by molar-refractivity contribution is 1.28. The van der Waals surface area contributed by atoms with Crippen molar-refractivity contribution in [2.75, 3.05) is 0 Å². The first-order chi connectivity index (χ1) is 20.3. The second-order valence-electron chi connectivity index (χ2n) is 9.91. The molecule has 0 spiro atoms. The van der Waals surface area contributed by atoms with Crippen LogP contribution >= 0.6 is 11.3 Å². The van der Waals surface area contributed by atoms with Gasteiger partial charge in [-0.05, 0) is 107 Å². The largest absolute Gasteiger partial charge is 0.135 e. The minimum absolute atomic E-state index is 0.899. The Labute approximate surface area is 256 Å². The summed E-state index contributed by atoms with van der Waals surface area (Å²) in [6.07, 6.45) is 28.7. The highest BCUT2D eigenvalue weighted by Gasteiger charge is 2.13. The number of hydrogen-bond donors (Lipinski definition) is 0. The van der Waals surface area contributed by atoms with Gasteiger partial charge in [0.25, 0.3) is 0 Å². The third kappa shape index (κ3) is 6.54. The standard InChI is InChI=1S/C41H42S/c1-11-19-31(26-29(9)34-24-18-25-38-33(17-7)40(23-15-5)42-41(34)38)28(8)27-39-35(20-12-2)30(10)32(16-6)36(21-13-3)37(39)22-14-4/h11-27H,1,3-4,7-8H2,2,5-6,9-10H3/b20-12-,23-15-,29-26+,31-19+,32-16-,36-21+,37-22?,39-27?. The minimum Gasteiger partial charge on any atom is -0.135 e. The van der Waals surface area contributed by atoms with Crippen molar-refractivity contribution in [3.63, 3.8) is 0 Å². The van der Waals surface area contributed by atoms with Crippen molar-refractivity contribution in [3.8, 4) is 0 Å². The molecule has 0 atom stereocenters. The predicted molar refractivity (Wildman–Crippen MR) is 196 cm³/mol. The third-order valence-corrected chi connectivity index (χ3v) is 8.47. The van der Waals surface area contributed by atoms with E-state index in [1.54, 1.807) is 11.3 Å². The quantitative estimate of drug-likeness (QED) is 0.215. The van der Waals surface area contributed by atoms with E-state index in [9.17, 15) is 0 Å². The van der Waals surface area contributed by atoms with Gasteiger partial charge >= 0.3 is 0 Å². The van der Waals surface area contributed by atoms with Gasteiger partial charge in [0, 0.05) is 15.0 Å². The second-order valence-corrected chi connectivity index (χ2v) is 11.0. The van der Waals surface area contributed by atoms with Crippen LogP contribution in [0.5, 0.6) is 0 Å². The molecular weight excluding hydrogens is 525 g/mol. The van der Waals surface area contributed by atoms with Crippen LogP contribution in [0.1, 0.15) is 54.8 Å². The molecule has 0 radical (unpaired) electrons. The first-order valence-electron chi connectivity index (χ1n) is 14.2. The average molecular weight is 567 g/mol. The van der Waals surface area contributed by atoms with Gasteiger partial charge in [0.2, 0.25) is 0 Å². The van der Waals surface area contributed by atoms with Gasteiger partial charge in [-0.1, -0.05) is 124 Å². The van der Waals surface area contributed by atoms with E-state index in [0.29, 0.717) is 0 Å². The van der Waals surface area contributed by atoms with Gasteiger partial charge in [-0.15, -0.1) is 11.3 Å². The van der Waals surface area contributed by atoms with E-state index >= 15 is 0 Å². The van der Waals surface area contributed by atoms with E-state index < -0.39 is 0 Å². The molecule has 1 aromatic heterocycles. The van der Waals surface area contributed by atoms with Crippen molar-refractivity contribution in [1.29, 1.82) is 0 Å². The number of fused-ring (bicyclic) bond motifs is 1. The van der Waals surface area contributed by atoms with E-state index in [-0.39, 0.29) is 0 Å². The van der Waals surface area contributed by atoms with Crippen LogP contribution in [0.4, 0.5) is 0 Å². The maximum atomic E-state index is 4.55. The summed E-state index contributed by atoms with van der Waals surface area (Å²) in [5, 5.41) is 5.73. The SMILES string of the molecule is C=CC=c1c(=CC(=C)C(=C/C=C)/C=C(\C)c2cccc3c(C=C)c(/C=C\C)sc23)c(/C=C\C)c(C)c(=C/C)/c1=C\C=C. The monoisotopic (exact) mass is 566 g/mol. The van der Waals surface area contributed by atoms with Gasteiger partial charge in [-0.2, -0.15) is 0 Å². The highest BCUT2D eigenvalue weighted by molar-refractivity contribution is 7.20. The zero-order chi connectivity index (χ0) is 30.8. The van der Waals surface area contributed by atoms with Gasteiger partial charge in [0.05, 0.1) is 0 Å². The Bertz CT molecular complexity index is 1940. The van der Waals surface area contributed by atoms with E-state index in [0.717, 1.165) is 37.9 Å². The van der Waals surface area contributed by atoms with Crippen LogP contribution in [-0.4, -0.2) is 0 Å². The van der Waals surface area contributed by atoms with Gasteiger partial charge in [-0.25, -0.2) is 0 Å². The Balaban J connectivity index is 2.36. The lowest BCUT2D eigenvalue weighted by atomic mass is 9.94. The van der Waals surface area contributed by atoms with Gasteiger partial charge in [0.15, 0.2) is 0 Å². The lowest BCUT2D eigenvalue weighted by Crippen LogP contribution is -2.51. The van der Waals surface area contributed by atoms with Crippen molar-refractivity contribution < 1.29 is 0 Å². The number of thiophene rings is 1. The number of rotatable bonds is 10. The molecule has 0 N–H and O–H groups in total. The molecule has 0 aliphatic carbocycles. The zero-order valence-corrected chi connectivity index (χ0v) is 26.6. The van der Waals surface area contributed by atoms with Crippen molar-refractivity contribution >= 4 is 69.5 Å². The Hall–Kier alpha value is -4.46. The number of allylic oxidation sites excluding steroid dienone is 10. The molecule has 0 nitrogen and oxygen atoms in total. The molecule has 3 aromatic rings. The molecule has 0 bridgehead atoms. The smallest absolute Gasteiger partial charge is 0.0430 e. The number of hydrogen-bond acceptors (Lipinski definition) is 1. The molecule has 0 aliphatic heterocycles. The van der Waals surface area contributed by atoms with Crippen LogP contribution in [-0.2, 0) is 0 Å². The number of benzene rings is 2. The summed E-state index contributed by atoms with van der Waals surface area (Å²) in [4.78, 5) is 1.22. The third-order valence-electron chi connectivity index (χ3n) is 7.25. The van der Waals surface area contributed by atoms with E-state index in [4.69, 9.17) is 0 Å². The highest BCUT2D eigenvalue weighted by atomic mass is 32.1. The Morgan fingerprint density at radius 1 is 0.810 bits per heavy atom. The first kappa shape index (κ1) is 32.1. The topological polar surface area (TPSA) is 0 Å². The van der Waals surface area contributed by atoms with Crippen LogP contribution in [0.15, 0.2) is 105 Å². The molecule has 0 saturated carbocycles. The Morgan fingerprint density at radius 3 is 2.05 bits per heavy atom. The lowest BCUT2D eigenvalue weighted by Gasteiger charge is -2.10. The van der Waals surface area contributed by atoms with Gasteiger partial charge in [-0.3, -0.25) is 0 Å². The van der Waals surface area contributed by atoms with Gasteiger partial charge in [0.1, 0.15) is 0 Å². The van der Waals surface area contributed by atoms with Crippen molar-refractivity contribution in [2.45, 2.75) is 34.6 Å². The molecule has 0 saturated heterocycles. The van der Waals surface area contributed by atoms with Crippen molar-refractivity contribution in [2.24, 2.45) is 0 Å². The Morgan fingerprint density at radius 2 is 1.48 bits per heavy atom. The molecule has 0 fully saturated rings. The van der Waals surface area contributed by atoms with E-state index in [2.05, 4.69) is 127 Å². The highest BCUT2D eigenvalue weighted by Crippen LogP contribution is 2.38. The fourth-order valence-electron chi connectivity index (χ4n) is 5.38. The molecule has 0 amide bonds. The molecule has 0 aliphatic rings. The van der Waals surface area contributed by atoms with E-state index in [1.807, 2.05) is 44.2 Å². The summed E-state index contributed by atoms with van der Waals surface area (Å²) in [6.45, 7) is 31.1. The van der Waals surface area contributed by atoms with Crippen molar-refractivity contribution in [3.05, 3.63) is 153 Å². The van der Waals surface area contributed by atoms with Gasteiger partial charge < -0.3 is 0 Å². The van der Waals surface area contributed by atoms with Crippen LogP contribution < -0.4 is 20.9 Å². The summed E-state index contributed by atoms with van der Waals surface area (Å²) >= 11 is 1.80. The molecule has 1 heteroatoms. The summed E-state index contributed by atoms with van der Waals surface area (Å²) in [5.41, 5.74) is 7.82. The first-order valence-corrected chi connectivity index (χ1v) is 15.0. The van der Waals surface area contributed by atoms with Crippen LogP contribution in [0.2, 0.25) is 0 Å². The molecular formula is C41H42S. The van der Waals surface area contributed by atoms with Crippen molar-refractivity contribution in [1.82, 2.24) is 0 Å². The fraction of sp³-hybridized carbons (Fsp3) is 0.122. The molecule has 0 unspecified atom stereocenters. The Kier molecular flexibility index (Phi) is 11.4. The van der Waals surface area contributed by atoms with E-state index in [1.165, 1.54) is 36.9 Å². The normalized spacial score (nSPS) is 14.5. The van der Waals surface area contributed by atoms with Crippen LogP contribution in [0, 0.1) is 6.92 Å². The summed E-state index contributed by atoms with van der Waals surface area (Å²) in [5.74, 6) is 0. The molecule has 212 valence electrons. The fourth-order valence-corrected chi connectivity index (χ4v) is 6.74. The van der Waals surface area contributed by atoms with Crippen LogP contribution in [0.25, 0.3) is 58.2 Å². The van der Waals surface area contributed by atoms with Crippen LogP contribution in [0.3, 0.4) is 0 Å². The zero-order valence-electron chi connectivity index (χ0n) is 25.8. The second kappa shape index (κ2) is 15.0. The molecule has 3 rings (SSSR count). The average Bonchev–Trinajstić information content (AvgIpc) is 3.34. The molecule has 42 heavy (non-hydrogen) atoms. The summed E-state index contributed by atoms with van der Waals surface area (Å²) in [7, 11) is 0. The summed E-state index contributed by atoms with van der Waals surface area (Å²) < 4.78 is 1.26. The molecule has 2 aromatic carbocycles. The molecule has 1 heterocycles.